The summed E-state index contributed by atoms with van der Waals surface area (Å²) in [7, 11) is 1.39. The van der Waals surface area contributed by atoms with Crippen LogP contribution in [0.25, 0.3) is 0 Å². The van der Waals surface area contributed by atoms with E-state index in [1.807, 2.05) is 6.92 Å². The fourth-order valence-corrected chi connectivity index (χ4v) is 2.65. The molecule has 1 N–H and O–H groups in total. The molecule has 2 rings (SSSR count). The van der Waals surface area contributed by atoms with Crippen molar-refractivity contribution < 1.29 is 9.53 Å². The Morgan fingerprint density at radius 3 is 2.78 bits per heavy atom. The Kier molecular flexibility index (Phi) is 3.09. The Morgan fingerprint density at radius 1 is 1.50 bits per heavy atom. The maximum atomic E-state index is 11.3. The van der Waals surface area contributed by atoms with Crippen molar-refractivity contribution >= 4 is 11.9 Å². The fraction of sp³-hybridized carbons (Fsp3) is 0.692. The normalized spacial score (nSPS) is 25.7. The molecule has 0 unspecified atom stereocenters. The molecular weight excluding hydrogens is 230 g/mol. The van der Waals surface area contributed by atoms with Crippen molar-refractivity contribution in [1.29, 1.82) is 0 Å². The van der Waals surface area contributed by atoms with Gasteiger partial charge in [-0.05, 0) is 33.3 Å². The first-order valence-corrected chi connectivity index (χ1v) is 6.24. The van der Waals surface area contributed by atoms with Crippen molar-refractivity contribution in [2.45, 2.75) is 45.7 Å². The zero-order chi connectivity index (χ0) is 13.5. The van der Waals surface area contributed by atoms with Crippen LogP contribution in [0.2, 0.25) is 0 Å². The van der Waals surface area contributed by atoms with Gasteiger partial charge in [0, 0.05) is 18.7 Å². The SMILES string of the molecule is COC(=O)N[C@H]1CC2=C(C)C(C)(C)N=C(C)N2C1. The molecule has 0 aromatic carbocycles. The monoisotopic (exact) mass is 251 g/mol. The maximum Gasteiger partial charge on any atom is 0.407 e. The number of rotatable bonds is 1. The molecule has 0 aliphatic carbocycles. The van der Waals surface area contributed by atoms with E-state index in [2.05, 4.69) is 35.7 Å². The Morgan fingerprint density at radius 2 is 2.17 bits per heavy atom. The summed E-state index contributed by atoms with van der Waals surface area (Å²) in [4.78, 5) is 18.2. The third-order valence-corrected chi connectivity index (χ3v) is 3.86. The first-order valence-electron chi connectivity index (χ1n) is 6.24. The molecule has 5 heteroatoms. The molecule has 1 atom stereocenters. The quantitative estimate of drug-likeness (QED) is 0.774. The third-order valence-electron chi connectivity index (χ3n) is 3.86. The summed E-state index contributed by atoms with van der Waals surface area (Å²) < 4.78 is 4.65. The van der Waals surface area contributed by atoms with Crippen LogP contribution in [0.1, 0.15) is 34.1 Å². The largest absolute Gasteiger partial charge is 0.453 e. The van der Waals surface area contributed by atoms with Gasteiger partial charge in [0.05, 0.1) is 18.7 Å². The van der Waals surface area contributed by atoms with Crippen molar-refractivity contribution in [3.8, 4) is 0 Å². The van der Waals surface area contributed by atoms with E-state index in [0.717, 1.165) is 18.8 Å². The van der Waals surface area contributed by atoms with Crippen LogP contribution in [0.3, 0.4) is 0 Å². The van der Waals surface area contributed by atoms with E-state index in [-0.39, 0.29) is 17.7 Å². The second-order valence-corrected chi connectivity index (χ2v) is 5.44. The average molecular weight is 251 g/mol. The van der Waals surface area contributed by atoms with Gasteiger partial charge in [-0.1, -0.05) is 0 Å². The lowest BCUT2D eigenvalue weighted by Crippen LogP contribution is -2.39. The van der Waals surface area contributed by atoms with Gasteiger partial charge in [0.25, 0.3) is 0 Å². The summed E-state index contributed by atoms with van der Waals surface area (Å²) in [6.45, 7) is 9.16. The number of carbonyl (C=O) groups excluding carboxylic acids is 1. The highest BCUT2D eigenvalue weighted by Gasteiger charge is 2.37. The summed E-state index contributed by atoms with van der Waals surface area (Å²) in [6.07, 6.45) is 0.476. The molecule has 1 saturated heterocycles. The third kappa shape index (κ3) is 2.09. The van der Waals surface area contributed by atoms with Gasteiger partial charge in [-0.2, -0.15) is 0 Å². The fourth-order valence-electron chi connectivity index (χ4n) is 2.65. The van der Waals surface area contributed by atoms with Gasteiger partial charge in [-0.15, -0.1) is 0 Å². The van der Waals surface area contributed by atoms with Gasteiger partial charge < -0.3 is 15.0 Å². The molecule has 0 spiro atoms. The van der Waals surface area contributed by atoms with Gasteiger partial charge in [-0.3, -0.25) is 4.99 Å². The number of nitrogens with one attached hydrogen (secondary N) is 1. The Labute approximate surface area is 108 Å². The lowest BCUT2D eigenvalue weighted by atomic mass is 9.91. The van der Waals surface area contributed by atoms with Gasteiger partial charge in [0.1, 0.15) is 5.84 Å². The molecule has 18 heavy (non-hydrogen) atoms. The Hall–Kier alpha value is -1.52. The van der Waals surface area contributed by atoms with Crippen molar-refractivity contribution in [3.05, 3.63) is 11.3 Å². The lowest BCUT2D eigenvalue weighted by molar-refractivity contribution is 0.167. The van der Waals surface area contributed by atoms with Crippen LogP contribution >= 0.6 is 0 Å². The molecule has 100 valence electrons. The average Bonchev–Trinajstić information content (AvgIpc) is 2.70. The van der Waals surface area contributed by atoms with Crippen LogP contribution in [-0.4, -0.2) is 42.1 Å². The molecular formula is C13H21N3O2. The Bertz CT molecular complexity index is 438. The summed E-state index contributed by atoms with van der Waals surface area (Å²) in [5.41, 5.74) is 2.42. The number of fused-ring (bicyclic) bond motifs is 1. The topological polar surface area (TPSA) is 53.9 Å². The van der Waals surface area contributed by atoms with E-state index >= 15 is 0 Å². The minimum absolute atomic E-state index is 0.0986. The highest BCUT2D eigenvalue weighted by molar-refractivity contribution is 5.84. The first kappa shape index (κ1) is 12.9. The van der Waals surface area contributed by atoms with Crippen LogP contribution in [0.5, 0.6) is 0 Å². The van der Waals surface area contributed by atoms with E-state index in [1.165, 1.54) is 18.4 Å². The maximum absolute atomic E-state index is 11.3. The van der Waals surface area contributed by atoms with Crippen LogP contribution in [-0.2, 0) is 4.74 Å². The number of nitrogens with zero attached hydrogens (tertiary/aromatic N) is 2. The highest BCUT2D eigenvalue weighted by atomic mass is 16.5. The molecule has 1 fully saturated rings. The second-order valence-electron chi connectivity index (χ2n) is 5.44. The summed E-state index contributed by atoms with van der Waals surface area (Å²) in [6, 6.07) is 0.0986. The number of ether oxygens (including phenoxy) is 1. The molecule has 0 bridgehead atoms. The van der Waals surface area contributed by atoms with E-state index in [4.69, 9.17) is 4.99 Å². The number of aliphatic imine (C=N–C) groups is 1. The van der Waals surface area contributed by atoms with Crippen molar-refractivity contribution in [2.24, 2.45) is 4.99 Å². The van der Waals surface area contributed by atoms with Crippen molar-refractivity contribution in [1.82, 2.24) is 10.2 Å². The second kappa shape index (κ2) is 4.30. The predicted molar refractivity (Wildman–Crippen MR) is 70.5 cm³/mol. The molecule has 5 nitrogen and oxygen atoms in total. The summed E-state index contributed by atoms with van der Waals surface area (Å²) in [5, 5.41) is 2.86. The van der Waals surface area contributed by atoms with E-state index in [9.17, 15) is 4.79 Å². The van der Waals surface area contributed by atoms with Gasteiger partial charge in [-0.25, -0.2) is 4.79 Å². The number of methoxy groups -OCH3 is 1. The zero-order valence-corrected chi connectivity index (χ0v) is 11.7. The van der Waals surface area contributed by atoms with Crippen LogP contribution in [0.15, 0.2) is 16.3 Å². The number of amides is 1. The number of hydrogen-bond donors (Lipinski definition) is 1. The van der Waals surface area contributed by atoms with E-state index in [1.54, 1.807) is 0 Å². The Balaban J connectivity index is 2.21. The smallest absolute Gasteiger partial charge is 0.407 e. The van der Waals surface area contributed by atoms with E-state index in [0.29, 0.717) is 0 Å². The van der Waals surface area contributed by atoms with Crippen molar-refractivity contribution in [3.63, 3.8) is 0 Å². The molecule has 0 aromatic heterocycles. The highest BCUT2D eigenvalue weighted by Crippen LogP contribution is 2.36. The molecule has 2 aliphatic heterocycles. The number of carbonyl (C=O) groups is 1. The molecule has 0 radical (unpaired) electrons. The molecule has 0 aromatic rings. The number of hydrogen-bond acceptors (Lipinski definition) is 4. The van der Waals surface area contributed by atoms with Gasteiger partial charge in [0.15, 0.2) is 0 Å². The minimum atomic E-state index is -0.369. The standard InChI is InChI=1S/C13H21N3O2/c1-8-11-6-10(14-12(17)18-5)7-16(11)9(2)15-13(8,3)4/h10H,6-7H2,1-5H3,(H,14,17)/t10-/m0/s1. The summed E-state index contributed by atoms with van der Waals surface area (Å²) in [5.74, 6) is 1.02. The van der Waals surface area contributed by atoms with Crippen LogP contribution in [0, 0.1) is 0 Å². The number of amidine groups is 1. The minimum Gasteiger partial charge on any atom is -0.453 e. The molecule has 1 amide bonds. The van der Waals surface area contributed by atoms with Crippen LogP contribution in [0.4, 0.5) is 4.79 Å². The van der Waals surface area contributed by atoms with Gasteiger partial charge in [0.2, 0.25) is 0 Å². The lowest BCUT2D eigenvalue weighted by Gasteiger charge is -2.34. The molecule has 2 heterocycles. The molecule has 0 saturated carbocycles. The predicted octanol–water partition coefficient (Wildman–Crippen LogP) is 1.90. The first-order chi connectivity index (χ1) is 8.35. The molecule has 2 aliphatic rings. The van der Waals surface area contributed by atoms with Crippen molar-refractivity contribution in [2.75, 3.05) is 13.7 Å². The van der Waals surface area contributed by atoms with E-state index < -0.39 is 0 Å². The zero-order valence-electron chi connectivity index (χ0n) is 11.7. The number of alkyl carbamates (subject to hydrolysis) is 1. The van der Waals surface area contributed by atoms with Crippen LogP contribution < -0.4 is 5.32 Å². The van der Waals surface area contributed by atoms with Gasteiger partial charge >= 0.3 is 6.09 Å². The summed E-state index contributed by atoms with van der Waals surface area (Å²) >= 11 is 0.